The topological polar surface area (TPSA) is 67.8 Å². The standard InChI is InChI=1S/C19H28N4O2S/c1-6-20-19(22-11-18-23-16(12-26-18)13(2)3)21-10-14-7-8-15(24-4)9-17(14)25-5/h7-9,12-13H,6,10-11H2,1-5H3,(H2,20,21,22). The number of nitrogens with zero attached hydrogens (tertiary/aromatic N) is 2. The van der Waals surface area contributed by atoms with Gasteiger partial charge in [0.15, 0.2) is 5.96 Å². The SMILES string of the molecule is CCNC(=NCc1ccc(OC)cc1OC)NCc1nc(C(C)C)cs1. The molecule has 0 aliphatic carbocycles. The molecule has 0 aliphatic heterocycles. The van der Waals surface area contributed by atoms with E-state index in [2.05, 4.69) is 39.8 Å². The molecule has 0 saturated carbocycles. The maximum atomic E-state index is 5.44. The van der Waals surface area contributed by atoms with Gasteiger partial charge in [-0.15, -0.1) is 11.3 Å². The van der Waals surface area contributed by atoms with Gasteiger partial charge in [-0.05, 0) is 25.0 Å². The highest BCUT2D eigenvalue weighted by Gasteiger charge is 2.08. The largest absolute Gasteiger partial charge is 0.497 e. The van der Waals surface area contributed by atoms with Gasteiger partial charge in [-0.2, -0.15) is 0 Å². The molecule has 0 spiro atoms. The Balaban J connectivity index is 2.03. The summed E-state index contributed by atoms with van der Waals surface area (Å²) in [5, 5.41) is 9.78. The van der Waals surface area contributed by atoms with Crippen LogP contribution in [-0.4, -0.2) is 31.7 Å². The minimum atomic E-state index is 0.449. The lowest BCUT2D eigenvalue weighted by molar-refractivity contribution is 0.391. The zero-order chi connectivity index (χ0) is 18.9. The van der Waals surface area contributed by atoms with Crippen molar-refractivity contribution in [2.24, 2.45) is 4.99 Å². The molecule has 2 N–H and O–H groups in total. The molecule has 0 unspecified atom stereocenters. The Bertz CT molecular complexity index is 728. The molecule has 1 aromatic heterocycles. The summed E-state index contributed by atoms with van der Waals surface area (Å²) in [5.74, 6) is 2.74. The van der Waals surface area contributed by atoms with E-state index < -0.39 is 0 Å². The van der Waals surface area contributed by atoms with E-state index in [9.17, 15) is 0 Å². The maximum Gasteiger partial charge on any atom is 0.191 e. The van der Waals surface area contributed by atoms with E-state index in [0.717, 1.165) is 40.3 Å². The first kappa shape index (κ1) is 20.0. The van der Waals surface area contributed by atoms with Crippen molar-refractivity contribution in [2.45, 2.75) is 39.8 Å². The fraction of sp³-hybridized carbons (Fsp3) is 0.474. The molecular formula is C19H28N4O2S. The van der Waals surface area contributed by atoms with Crippen LogP contribution in [0.1, 0.15) is 43.0 Å². The highest BCUT2D eigenvalue weighted by molar-refractivity contribution is 7.09. The number of hydrogen-bond donors (Lipinski definition) is 2. The van der Waals surface area contributed by atoms with Gasteiger partial charge in [0.05, 0.1) is 33.0 Å². The van der Waals surface area contributed by atoms with Crippen LogP contribution in [0.25, 0.3) is 0 Å². The van der Waals surface area contributed by atoms with Crippen LogP contribution >= 0.6 is 11.3 Å². The first-order valence-electron chi connectivity index (χ1n) is 8.74. The zero-order valence-corrected chi connectivity index (χ0v) is 16.9. The molecule has 1 heterocycles. The monoisotopic (exact) mass is 376 g/mol. The van der Waals surface area contributed by atoms with E-state index in [4.69, 9.17) is 9.47 Å². The summed E-state index contributed by atoms with van der Waals surface area (Å²) in [5.41, 5.74) is 2.14. The first-order chi connectivity index (χ1) is 12.6. The van der Waals surface area contributed by atoms with Crippen LogP contribution < -0.4 is 20.1 Å². The van der Waals surface area contributed by atoms with Crippen molar-refractivity contribution in [3.63, 3.8) is 0 Å². The number of benzene rings is 1. The molecule has 7 heteroatoms. The summed E-state index contributed by atoms with van der Waals surface area (Å²) in [6.07, 6.45) is 0. The number of methoxy groups -OCH3 is 2. The fourth-order valence-corrected chi connectivity index (χ4v) is 3.21. The average Bonchev–Trinajstić information content (AvgIpc) is 3.13. The van der Waals surface area contributed by atoms with Crippen molar-refractivity contribution in [1.29, 1.82) is 0 Å². The van der Waals surface area contributed by atoms with Gasteiger partial charge in [-0.3, -0.25) is 0 Å². The van der Waals surface area contributed by atoms with Crippen LogP contribution in [0.4, 0.5) is 0 Å². The number of hydrogen-bond acceptors (Lipinski definition) is 5. The predicted octanol–water partition coefficient (Wildman–Crippen LogP) is 3.54. The first-order valence-corrected chi connectivity index (χ1v) is 9.62. The third-order valence-electron chi connectivity index (χ3n) is 3.81. The maximum absolute atomic E-state index is 5.44. The summed E-state index contributed by atoms with van der Waals surface area (Å²) < 4.78 is 10.7. The fourth-order valence-electron chi connectivity index (χ4n) is 2.32. The van der Waals surface area contributed by atoms with Crippen molar-refractivity contribution in [3.05, 3.63) is 39.8 Å². The Hall–Kier alpha value is -2.28. The van der Waals surface area contributed by atoms with Gasteiger partial charge < -0.3 is 20.1 Å². The number of nitrogens with one attached hydrogen (secondary N) is 2. The van der Waals surface area contributed by atoms with Crippen LogP contribution in [0.3, 0.4) is 0 Å². The van der Waals surface area contributed by atoms with Crippen molar-refractivity contribution in [2.75, 3.05) is 20.8 Å². The van der Waals surface area contributed by atoms with Gasteiger partial charge in [0.25, 0.3) is 0 Å². The average molecular weight is 377 g/mol. The van der Waals surface area contributed by atoms with Crippen molar-refractivity contribution < 1.29 is 9.47 Å². The molecule has 0 amide bonds. The lowest BCUT2D eigenvalue weighted by atomic mass is 10.2. The van der Waals surface area contributed by atoms with Crippen molar-refractivity contribution >= 4 is 17.3 Å². The molecule has 142 valence electrons. The molecule has 6 nitrogen and oxygen atoms in total. The molecule has 0 aliphatic rings. The quantitative estimate of drug-likeness (QED) is 0.545. The van der Waals surface area contributed by atoms with Crippen LogP contribution in [0, 0.1) is 0 Å². The van der Waals surface area contributed by atoms with E-state index in [1.807, 2.05) is 25.1 Å². The van der Waals surface area contributed by atoms with Crippen LogP contribution in [0.5, 0.6) is 11.5 Å². The number of ether oxygens (including phenoxy) is 2. The number of thiazole rings is 1. The molecule has 2 aromatic rings. The Morgan fingerprint density at radius 1 is 1.23 bits per heavy atom. The van der Waals surface area contributed by atoms with Gasteiger partial charge >= 0.3 is 0 Å². The molecule has 0 bridgehead atoms. The van der Waals surface area contributed by atoms with Crippen molar-refractivity contribution in [1.82, 2.24) is 15.6 Å². The summed E-state index contributed by atoms with van der Waals surface area (Å²) in [7, 11) is 3.29. The number of rotatable bonds is 8. The van der Waals surface area contributed by atoms with E-state index in [-0.39, 0.29) is 0 Å². The molecule has 0 fully saturated rings. The van der Waals surface area contributed by atoms with Gasteiger partial charge in [0, 0.05) is 23.6 Å². The van der Waals surface area contributed by atoms with E-state index in [1.54, 1.807) is 25.6 Å². The van der Waals surface area contributed by atoms with Gasteiger partial charge in [-0.1, -0.05) is 13.8 Å². The number of aliphatic imine (C=N–C) groups is 1. The summed E-state index contributed by atoms with van der Waals surface area (Å²) >= 11 is 1.67. The molecular weight excluding hydrogens is 348 g/mol. The number of aromatic nitrogens is 1. The second kappa shape index (κ2) is 10.0. The molecule has 0 atom stereocenters. The smallest absolute Gasteiger partial charge is 0.191 e. The van der Waals surface area contributed by atoms with Crippen LogP contribution in [0.2, 0.25) is 0 Å². The summed E-state index contributed by atoms with van der Waals surface area (Å²) in [6, 6.07) is 5.76. The van der Waals surface area contributed by atoms with Gasteiger partial charge in [0.1, 0.15) is 16.5 Å². The van der Waals surface area contributed by atoms with E-state index in [1.165, 1.54) is 0 Å². The third-order valence-corrected chi connectivity index (χ3v) is 4.68. The Morgan fingerprint density at radius 3 is 2.65 bits per heavy atom. The minimum Gasteiger partial charge on any atom is -0.497 e. The second-order valence-electron chi connectivity index (χ2n) is 6.05. The second-order valence-corrected chi connectivity index (χ2v) is 6.99. The molecule has 2 rings (SSSR count). The van der Waals surface area contributed by atoms with Gasteiger partial charge in [-0.25, -0.2) is 9.98 Å². The van der Waals surface area contributed by atoms with Crippen LogP contribution in [-0.2, 0) is 13.1 Å². The predicted molar refractivity (Wildman–Crippen MR) is 107 cm³/mol. The van der Waals surface area contributed by atoms with E-state index in [0.29, 0.717) is 19.0 Å². The minimum absolute atomic E-state index is 0.449. The Labute approximate surface area is 159 Å². The summed E-state index contributed by atoms with van der Waals surface area (Å²) in [6.45, 7) is 8.31. The van der Waals surface area contributed by atoms with Crippen molar-refractivity contribution in [3.8, 4) is 11.5 Å². The lowest BCUT2D eigenvalue weighted by Crippen LogP contribution is -2.36. The Kier molecular flexibility index (Phi) is 7.72. The van der Waals surface area contributed by atoms with Crippen LogP contribution in [0.15, 0.2) is 28.6 Å². The highest BCUT2D eigenvalue weighted by atomic mass is 32.1. The molecule has 0 radical (unpaired) electrons. The molecule has 26 heavy (non-hydrogen) atoms. The normalized spacial score (nSPS) is 11.5. The van der Waals surface area contributed by atoms with Gasteiger partial charge in [0.2, 0.25) is 0 Å². The Morgan fingerprint density at radius 2 is 2.04 bits per heavy atom. The zero-order valence-electron chi connectivity index (χ0n) is 16.1. The summed E-state index contributed by atoms with van der Waals surface area (Å²) in [4.78, 5) is 9.30. The van der Waals surface area contributed by atoms with E-state index >= 15 is 0 Å². The molecule has 0 saturated heterocycles. The third kappa shape index (κ3) is 5.62. The lowest BCUT2D eigenvalue weighted by Gasteiger charge is -2.12. The highest BCUT2D eigenvalue weighted by Crippen LogP contribution is 2.25. The number of guanidine groups is 1. The molecule has 1 aromatic carbocycles.